The van der Waals surface area contributed by atoms with E-state index in [2.05, 4.69) is 15.5 Å². The average Bonchev–Trinajstić information content (AvgIpc) is 2.84. The number of phenols is 1. The van der Waals surface area contributed by atoms with Gasteiger partial charge in [0.05, 0.1) is 23.4 Å². The van der Waals surface area contributed by atoms with Gasteiger partial charge in [0.1, 0.15) is 5.69 Å². The third-order valence-electron chi connectivity index (χ3n) is 5.44. The molecule has 0 aromatic heterocycles. The molecule has 4 N–H and O–H groups in total. The molecule has 0 saturated carbocycles. The lowest BCUT2D eigenvalue weighted by Gasteiger charge is -2.12. The van der Waals surface area contributed by atoms with Crippen LogP contribution in [0.25, 0.3) is 10.8 Å². The fourth-order valence-corrected chi connectivity index (χ4v) is 3.80. The van der Waals surface area contributed by atoms with Crippen molar-refractivity contribution in [3.63, 3.8) is 0 Å². The van der Waals surface area contributed by atoms with Crippen LogP contribution in [0.15, 0.2) is 77.0 Å². The molecule has 0 atom stereocenters. The number of azo groups is 1. The smallest absolute Gasteiger partial charge is 0.335 e. The molecule has 0 aliphatic carbocycles. The summed E-state index contributed by atoms with van der Waals surface area (Å²) in [6.07, 6.45) is 0. The number of aliphatic hydroxyl groups is 1. The molecule has 0 radical (unpaired) electrons. The Morgan fingerprint density at radius 1 is 1.00 bits per heavy atom. The molecule has 1 amide bonds. The quantitative estimate of drug-likeness (QED) is 0.234. The molecule has 0 heterocycles. The van der Waals surface area contributed by atoms with Crippen LogP contribution in [0.2, 0.25) is 5.02 Å². The Kier molecular flexibility index (Phi) is 6.77. The Morgan fingerprint density at radius 2 is 1.77 bits per heavy atom. The van der Waals surface area contributed by atoms with Crippen molar-refractivity contribution in [1.82, 2.24) is 0 Å². The lowest BCUT2D eigenvalue weighted by atomic mass is 10.0. The van der Waals surface area contributed by atoms with Gasteiger partial charge in [-0.15, -0.1) is 5.11 Å². The summed E-state index contributed by atoms with van der Waals surface area (Å²) >= 11 is 5.99. The molecule has 35 heavy (non-hydrogen) atoms. The van der Waals surface area contributed by atoms with E-state index in [1.165, 1.54) is 18.2 Å². The zero-order valence-electron chi connectivity index (χ0n) is 18.5. The van der Waals surface area contributed by atoms with Gasteiger partial charge in [-0.2, -0.15) is 5.11 Å². The maximum absolute atomic E-state index is 13.1. The zero-order valence-corrected chi connectivity index (χ0v) is 19.2. The second-order valence-corrected chi connectivity index (χ2v) is 8.20. The highest BCUT2D eigenvalue weighted by Crippen LogP contribution is 2.40. The van der Waals surface area contributed by atoms with Gasteiger partial charge in [-0.05, 0) is 54.3 Å². The summed E-state index contributed by atoms with van der Waals surface area (Å²) in [6, 6.07) is 17.7. The monoisotopic (exact) mass is 489 g/mol. The van der Waals surface area contributed by atoms with E-state index in [4.69, 9.17) is 11.6 Å². The molecule has 0 spiro atoms. The number of carboxylic acids is 1. The molecule has 0 aliphatic heterocycles. The number of aromatic carboxylic acids is 1. The second-order valence-electron chi connectivity index (χ2n) is 7.76. The minimum absolute atomic E-state index is 0.0198. The molecule has 0 saturated heterocycles. The number of amides is 1. The van der Waals surface area contributed by atoms with Crippen molar-refractivity contribution in [2.24, 2.45) is 10.2 Å². The number of phenolic OH excluding ortho intramolecular Hbond substituents is 1. The van der Waals surface area contributed by atoms with Crippen LogP contribution >= 0.6 is 11.6 Å². The standard InChI is InChI=1S/C26H20ClN3O5/c1-14-10-18(27)8-9-21(14)28-25(33)20-11-15-4-2-3-5-19(15)23(24(20)32)30-29-22-12-16(26(34)35)6-7-17(22)13-31/h2-12,31-32H,13H2,1H3,(H,28,33)(H,34,35). The molecule has 9 heteroatoms. The Bertz CT molecular complexity index is 1500. The topological polar surface area (TPSA) is 132 Å². The maximum Gasteiger partial charge on any atom is 0.335 e. The number of hydrogen-bond acceptors (Lipinski definition) is 6. The molecule has 0 aliphatic rings. The third kappa shape index (κ3) is 4.98. The van der Waals surface area contributed by atoms with E-state index in [-0.39, 0.29) is 29.1 Å². The number of aryl methyl sites for hydroxylation is 1. The van der Waals surface area contributed by atoms with E-state index in [1.807, 2.05) is 0 Å². The SMILES string of the molecule is Cc1cc(Cl)ccc1NC(=O)c1cc2ccccc2c(N=Nc2cc(C(=O)O)ccc2CO)c1O. The van der Waals surface area contributed by atoms with Crippen molar-refractivity contribution in [3.8, 4) is 5.75 Å². The number of benzene rings is 4. The number of aliphatic hydroxyl groups excluding tert-OH is 1. The highest BCUT2D eigenvalue weighted by molar-refractivity contribution is 6.30. The van der Waals surface area contributed by atoms with Gasteiger partial charge in [-0.3, -0.25) is 4.79 Å². The first-order valence-electron chi connectivity index (χ1n) is 10.5. The van der Waals surface area contributed by atoms with E-state index in [0.717, 1.165) is 5.56 Å². The summed E-state index contributed by atoms with van der Waals surface area (Å²) in [6.45, 7) is 1.41. The van der Waals surface area contributed by atoms with Crippen LogP contribution in [0.1, 0.15) is 31.8 Å². The molecule has 176 valence electrons. The fourth-order valence-electron chi connectivity index (χ4n) is 3.58. The van der Waals surface area contributed by atoms with Gasteiger partial charge < -0.3 is 20.6 Å². The largest absolute Gasteiger partial charge is 0.505 e. The molecule has 0 unspecified atom stereocenters. The number of fused-ring (bicyclic) bond motifs is 1. The summed E-state index contributed by atoms with van der Waals surface area (Å²) in [5.74, 6) is -2.11. The molecular weight excluding hydrogens is 470 g/mol. The Labute approximate surface area is 205 Å². The first kappa shape index (κ1) is 23.9. The summed E-state index contributed by atoms with van der Waals surface area (Å²) in [5.41, 5.74) is 1.75. The van der Waals surface area contributed by atoms with E-state index < -0.39 is 17.6 Å². The number of hydrogen-bond donors (Lipinski definition) is 4. The molecule has 4 aromatic carbocycles. The second kappa shape index (κ2) is 9.92. The first-order chi connectivity index (χ1) is 16.8. The number of aromatic hydroxyl groups is 1. The number of nitrogens with zero attached hydrogens (tertiary/aromatic N) is 2. The average molecular weight is 490 g/mol. The Hall–Kier alpha value is -4.27. The van der Waals surface area contributed by atoms with Crippen LogP contribution in [0, 0.1) is 6.92 Å². The fraction of sp³-hybridized carbons (Fsp3) is 0.0769. The Balaban J connectivity index is 1.80. The number of carbonyl (C=O) groups is 2. The molecule has 4 aromatic rings. The Morgan fingerprint density at radius 3 is 2.49 bits per heavy atom. The van der Waals surface area contributed by atoms with Gasteiger partial charge >= 0.3 is 5.97 Å². The van der Waals surface area contributed by atoms with Crippen molar-refractivity contribution in [1.29, 1.82) is 0 Å². The predicted octanol–water partition coefficient (Wildman–Crippen LogP) is 6.37. The van der Waals surface area contributed by atoms with Crippen molar-refractivity contribution in [3.05, 3.63) is 94.0 Å². The summed E-state index contributed by atoms with van der Waals surface area (Å²) < 4.78 is 0. The van der Waals surface area contributed by atoms with Crippen molar-refractivity contribution in [2.75, 3.05) is 5.32 Å². The van der Waals surface area contributed by atoms with Gasteiger partial charge in [-0.1, -0.05) is 41.9 Å². The van der Waals surface area contributed by atoms with Gasteiger partial charge in [0, 0.05) is 21.7 Å². The molecule has 8 nitrogen and oxygen atoms in total. The zero-order chi connectivity index (χ0) is 25.1. The highest BCUT2D eigenvalue weighted by atomic mass is 35.5. The highest BCUT2D eigenvalue weighted by Gasteiger charge is 2.19. The number of carbonyl (C=O) groups excluding carboxylic acids is 1. The van der Waals surface area contributed by atoms with Crippen molar-refractivity contribution < 1.29 is 24.9 Å². The minimum atomic E-state index is -1.16. The summed E-state index contributed by atoms with van der Waals surface area (Å²) in [4.78, 5) is 24.4. The molecule has 4 rings (SSSR count). The number of halogens is 1. The number of carboxylic acid groups (broad SMARTS) is 1. The minimum Gasteiger partial charge on any atom is -0.505 e. The van der Waals surface area contributed by atoms with Gasteiger partial charge in [0.2, 0.25) is 0 Å². The van der Waals surface area contributed by atoms with E-state index in [1.54, 1.807) is 55.5 Å². The van der Waals surface area contributed by atoms with Crippen molar-refractivity contribution in [2.45, 2.75) is 13.5 Å². The number of nitrogens with one attached hydrogen (secondary N) is 1. The summed E-state index contributed by atoms with van der Waals surface area (Å²) in [5, 5.41) is 42.6. The predicted molar refractivity (Wildman–Crippen MR) is 133 cm³/mol. The number of anilines is 1. The molecular formula is C26H20ClN3O5. The first-order valence-corrected chi connectivity index (χ1v) is 10.9. The van der Waals surface area contributed by atoms with Crippen LogP contribution in [0.4, 0.5) is 17.1 Å². The van der Waals surface area contributed by atoms with Crippen LogP contribution in [-0.2, 0) is 6.61 Å². The van der Waals surface area contributed by atoms with Crippen LogP contribution in [0.5, 0.6) is 5.75 Å². The lowest BCUT2D eigenvalue weighted by Crippen LogP contribution is -2.13. The van der Waals surface area contributed by atoms with Gasteiger partial charge in [0.15, 0.2) is 5.75 Å². The van der Waals surface area contributed by atoms with E-state index in [9.17, 15) is 24.9 Å². The lowest BCUT2D eigenvalue weighted by molar-refractivity contribution is 0.0696. The van der Waals surface area contributed by atoms with Crippen molar-refractivity contribution >= 4 is 51.3 Å². The molecule has 0 bridgehead atoms. The normalized spacial score (nSPS) is 11.2. The third-order valence-corrected chi connectivity index (χ3v) is 5.67. The summed E-state index contributed by atoms with van der Waals surface area (Å²) in [7, 11) is 0. The van der Waals surface area contributed by atoms with E-state index in [0.29, 0.717) is 27.0 Å². The molecule has 0 fully saturated rings. The maximum atomic E-state index is 13.1. The number of rotatable bonds is 6. The van der Waals surface area contributed by atoms with Crippen LogP contribution in [-0.4, -0.2) is 27.2 Å². The van der Waals surface area contributed by atoms with Gasteiger partial charge in [0.25, 0.3) is 5.91 Å². The van der Waals surface area contributed by atoms with Gasteiger partial charge in [-0.25, -0.2) is 4.79 Å². The van der Waals surface area contributed by atoms with Crippen LogP contribution < -0.4 is 5.32 Å². The van der Waals surface area contributed by atoms with E-state index >= 15 is 0 Å². The van der Waals surface area contributed by atoms with Crippen LogP contribution in [0.3, 0.4) is 0 Å².